The molecule has 0 radical (unpaired) electrons. The van der Waals surface area contributed by atoms with Crippen LogP contribution >= 0.6 is 11.6 Å². The molecule has 0 saturated carbocycles. The van der Waals surface area contributed by atoms with Crippen molar-refractivity contribution in [1.82, 2.24) is 54.9 Å². The van der Waals surface area contributed by atoms with Gasteiger partial charge in [-0.15, -0.1) is 9.90 Å². The maximum atomic E-state index is 15.3. The molecule has 0 N–H and O–H groups in total. The summed E-state index contributed by atoms with van der Waals surface area (Å²) < 4.78 is 84.0. The smallest absolute Gasteiger partial charge is 0.263 e. The summed E-state index contributed by atoms with van der Waals surface area (Å²) in [6, 6.07) is 7.53. The Bertz CT molecular complexity index is 1900. The molecule has 44 heavy (non-hydrogen) atoms. The van der Waals surface area contributed by atoms with E-state index in [0.717, 1.165) is 18.5 Å². The molecule has 5 heterocycles. The molecule has 6 aromatic rings. The third-order valence-corrected chi connectivity index (χ3v) is 6.81. The van der Waals surface area contributed by atoms with Gasteiger partial charge in [-0.2, -0.15) is 41.9 Å². The fraction of sp³-hybridized carbons (Fsp3) is 0.154. The molecule has 1 aromatic carbocycles. The molecule has 0 bridgehead atoms. The van der Waals surface area contributed by atoms with Gasteiger partial charge in [-0.25, -0.2) is 4.39 Å². The first kappa shape index (κ1) is 28.9. The van der Waals surface area contributed by atoms with Gasteiger partial charge in [0.15, 0.2) is 5.82 Å². The summed E-state index contributed by atoms with van der Waals surface area (Å²) in [4.78, 5) is 8.12. The first-order valence-corrected chi connectivity index (χ1v) is 12.9. The average Bonchev–Trinajstić information content (AvgIpc) is 3.80. The Kier molecular flexibility index (Phi) is 7.54. The summed E-state index contributed by atoms with van der Waals surface area (Å²) in [5, 5.41) is 22.5. The highest BCUT2D eigenvalue weighted by atomic mass is 35.5. The fourth-order valence-corrected chi connectivity index (χ4v) is 4.64. The molecule has 0 unspecified atom stereocenters. The molecule has 0 spiro atoms. The fourth-order valence-electron chi connectivity index (χ4n) is 4.48. The standard InChI is InChI=1S/C26H16ClF6N11/c27-18-2-4-20(43-13-36-40-41-43)23(24(18)28)15-1-3-19(35-9-15)21(8-17-11-38-44(39-17)25(29)30)42-12-16(10-37-42)14-5-6-34-22(7-14)26(31,32)33/h1-7,9-13,21,25H,8H2/t21-/m1/s1. The minimum atomic E-state index is -4.65. The van der Waals surface area contributed by atoms with Crippen molar-refractivity contribution in [1.29, 1.82) is 0 Å². The number of rotatable bonds is 8. The minimum Gasteiger partial charge on any atom is -0.263 e. The molecule has 18 heteroatoms. The number of nitrogens with zero attached hydrogens (tertiary/aromatic N) is 11. The molecule has 0 saturated heterocycles. The van der Waals surface area contributed by atoms with E-state index in [0.29, 0.717) is 22.5 Å². The van der Waals surface area contributed by atoms with E-state index >= 15 is 4.39 Å². The molecular weight excluding hydrogens is 616 g/mol. The molecular formula is C26H16ClF6N11. The van der Waals surface area contributed by atoms with Crippen molar-refractivity contribution in [2.24, 2.45) is 0 Å². The zero-order valence-corrected chi connectivity index (χ0v) is 22.6. The highest BCUT2D eigenvalue weighted by Gasteiger charge is 2.32. The number of pyridine rings is 2. The molecule has 0 aliphatic heterocycles. The van der Waals surface area contributed by atoms with Crippen LogP contribution in [0.4, 0.5) is 26.3 Å². The van der Waals surface area contributed by atoms with Crippen LogP contribution in [0.25, 0.3) is 27.9 Å². The Hall–Kier alpha value is -5.19. The van der Waals surface area contributed by atoms with E-state index in [9.17, 15) is 22.0 Å². The van der Waals surface area contributed by atoms with Crippen LogP contribution in [-0.4, -0.2) is 54.9 Å². The van der Waals surface area contributed by atoms with E-state index in [-0.39, 0.29) is 33.1 Å². The van der Waals surface area contributed by atoms with Gasteiger partial charge in [0.1, 0.15) is 12.0 Å². The second-order valence-corrected chi connectivity index (χ2v) is 9.68. The van der Waals surface area contributed by atoms with E-state index in [2.05, 4.69) is 40.8 Å². The highest BCUT2D eigenvalue weighted by Crippen LogP contribution is 2.35. The monoisotopic (exact) mass is 631 g/mol. The second kappa shape index (κ2) is 11.5. The van der Waals surface area contributed by atoms with E-state index in [1.165, 1.54) is 52.5 Å². The molecule has 11 nitrogen and oxygen atoms in total. The Morgan fingerprint density at radius 2 is 1.75 bits per heavy atom. The van der Waals surface area contributed by atoms with Crippen LogP contribution in [0.3, 0.4) is 0 Å². The lowest BCUT2D eigenvalue weighted by molar-refractivity contribution is -0.141. The zero-order valence-electron chi connectivity index (χ0n) is 21.9. The van der Waals surface area contributed by atoms with Crippen LogP contribution < -0.4 is 0 Å². The minimum absolute atomic E-state index is 0.0221. The van der Waals surface area contributed by atoms with Gasteiger partial charge in [-0.05, 0) is 46.3 Å². The van der Waals surface area contributed by atoms with E-state index in [1.54, 1.807) is 12.1 Å². The van der Waals surface area contributed by atoms with Crippen molar-refractivity contribution in [3.05, 3.63) is 102 Å². The number of aromatic nitrogens is 11. The first-order chi connectivity index (χ1) is 21.1. The molecule has 6 rings (SSSR count). The van der Waals surface area contributed by atoms with Gasteiger partial charge >= 0.3 is 12.7 Å². The Morgan fingerprint density at radius 1 is 0.909 bits per heavy atom. The zero-order chi connectivity index (χ0) is 31.0. The van der Waals surface area contributed by atoms with E-state index in [1.807, 2.05) is 0 Å². The van der Waals surface area contributed by atoms with Crippen LogP contribution in [0.15, 0.2) is 73.7 Å². The van der Waals surface area contributed by atoms with Crippen LogP contribution in [0.2, 0.25) is 5.02 Å². The lowest BCUT2D eigenvalue weighted by Crippen LogP contribution is -2.16. The largest absolute Gasteiger partial charge is 0.433 e. The molecule has 0 fully saturated rings. The second-order valence-electron chi connectivity index (χ2n) is 9.27. The van der Waals surface area contributed by atoms with Crippen molar-refractivity contribution in [2.45, 2.75) is 25.2 Å². The van der Waals surface area contributed by atoms with Crippen LogP contribution in [-0.2, 0) is 12.6 Å². The van der Waals surface area contributed by atoms with Crippen LogP contribution in [0.1, 0.15) is 29.7 Å². The summed E-state index contributed by atoms with van der Waals surface area (Å²) in [5.74, 6) is -0.735. The number of benzene rings is 1. The summed E-state index contributed by atoms with van der Waals surface area (Å²) in [6.07, 6.45) is 3.03. The molecule has 1 atom stereocenters. The summed E-state index contributed by atoms with van der Waals surface area (Å²) in [7, 11) is 0. The quantitative estimate of drug-likeness (QED) is 0.199. The molecule has 224 valence electrons. The summed E-state index contributed by atoms with van der Waals surface area (Å²) >= 11 is 6.06. The van der Waals surface area contributed by atoms with Gasteiger partial charge in [0.05, 0.1) is 40.5 Å². The van der Waals surface area contributed by atoms with Crippen molar-refractivity contribution in [3.63, 3.8) is 0 Å². The third kappa shape index (κ3) is 5.72. The van der Waals surface area contributed by atoms with Gasteiger partial charge in [0.2, 0.25) is 0 Å². The van der Waals surface area contributed by atoms with Gasteiger partial charge in [-0.1, -0.05) is 17.7 Å². The first-order valence-electron chi connectivity index (χ1n) is 12.5. The summed E-state index contributed by atoms with van der Waals surface area (Å²) in [6.45, 7) is -2.97. The summed E-state index contributed by atoms with van der Waals surface area (Å²) in [5.41, 5.74) is 0.668. The van der Waals surface area contributed by atoms with Gasteiger partial charge < -0.3 is 0 Å². The SMILES string of the molecule is Fc1c(Cl)ccc(-n2cnnn2)c1-c1ccc([C@@H](Cc2cnn(C(F)F)n2)n2cc(-c3ccnc(C(F)(F)F)c3)cn2)nc1. The van der Waals surface area contributed by atoms with E-state index in [4.69, 9.17) is 11.6 Å². The van der Waals surface area contributed by atoms with Gasteiger partial charge in [0, 0.05) is 41.7 Å². The van der Waals surface area contributed by atoms with Crippen molar-refractivity contribution >= 4 is 11.6 Å². The predicted octanol–water partition coefficient (Wildman–Crippen LogP) is 5.61. The number of halogens is 7. The molecule has 0 aliphatic carbocycles. The normalized spacial score (nSPS) is 12.6. The Morgan fingerprint density at radius 3 is 2.43 bits per heavy atom. The lowest BCUT2D eigenvalue weighted by Gasteiger charge is -2.17. The maximum Gasteiger partial charge on any atom is 0.433 e. The Balaban J connectivity index is 1.39. The molecule has 5 aromatic heterocycles. The third-order valence-electron chi connectivity index (χ3n) is 6.52. The van der Waals surface area contributed by atoms with Crippen molar-refractivity contribution in [3.8, 4) is 27.9 Å². The topological polar surface area (TPSA) is 118 Å². The number of alkyl halides is 5. The predicted molar refractivity (Wildman–Crippen MR) is 141 cm³/mol. The number of tetrazole rings is 1. The maximum absolute atomic E-state index is 15.3. The Labute approximate surface area is 247 Å². The van der Waals surface area contributed by atoms with Crippen LogP contribution in [0, 0.1) is 5.82 Å². The van der Waals surface area contributed by atoms with Crippen molar-refractivity contribution in [2.75, 3.05) is 0 Å². The number of hydrogen-bond acceptors (Lipinski definition) is 8. The molecule has 0 aliphatic rings. The number of hydrogen-bond donors (Lipinski definition) is 0. The van der Waals surface area contributed by atoms with Crippen molar-refractivity contribution < 1.29 is 26.3 Å². The van der Waals surface area contributed by atoms with Gasteiger partial charge in [-0.3, -0.25) is 14.6 Å². The highest BCUT2D eigenvalue weighted by molar-refractivity contribution is 6.31. The van der Waals surface area contributed by atoms with Crippen LogP contribution in [0.5, 0.6) is 0 Å². The average molecular weight is 632 g/mol. The lowest BCUT2D eigenvalue weighted by atomic mass is 10.0. The van der Waals surface area contributed by atoms with E-state index < -0.39 is 30.3 Å². The molecule has 0 amide bonds. The van der Waals surface area contributed by atoms with Gasteiger partial charge in [0.25, 0.3) is 0 Å².